The van der Waals surface area contributed by atoms with Crippen molar-refractivity contribution in [2.24, 2.45) is 0 Å². The maximum absolute atomic E-state index is 12.9. The molecule has 2 heterocycles. The molecule has 1 aliphatic heterocycles. The highest BCUT2D eigenvalue weighted by atomic mass is 16.2. The van der Waals surface area contributed by atoms with Gasteiger partial charge in [-0.15, -0.1) is 10.2 Å². The molecule has 0 atom stereocenters. The zero-order valence-corrected chi connectivity index (χ0v) is 15.3. The van der Waals surface area contributed by atoms with Gasteiger partial charge in [0, 0.05) is 24.1 Å². The molecule has 1 saturated carbocycles. The molecule has 6 heteroatoms. The van der Waals surface area contributed by atoms with E-state index in [4.69, 9.17) is 0 Å². The third-order valence-electron chi connectivity index (χ3n) is 5.69. The highest BCUT2D eigenvalue weighted by molar-refractivity contribution is 5.76. The Morgan fingerprint density at radius 1 is 1.11 bits per heavy atom. The minimum absolute atomic E-state index is 0.0450. The van der Waals surface area contributed by atoms with Crippen LogP contribution in [-0.4, -0.2) is 37.6 Å². The van der Waals surface area contributed by atoms with Crippen LogP contribution in [0.4, 0.5) is 0 Å². The first-order valence-corrected chi connectivity index (χ1v) is 9.34. The summed E-state index contributed by atoms with van der Waals surface area (Å²) in [5.74, 6) is 0.592. The van der Waals surface area contributed by atoms with Gasteiger partial charge in [0.1, 0.15) is 6.54 Å². The number of aromatic nitrogens is 4. The van der Waals surface area contributed by atoms with Crippen LogP contribution in [0.5, 0.6) is 0 Å². The van der Waals surface area contributed by atoms with E-state index in [9.17, 15) is 4.79 Å². The molecule has 5 rings (SSSR count). The Morgan fingerprint density at radius 3 is 2.67 bits per heavy atom. The Bertz CT molecular complexity index is 1000. The van der Waals surface area contributed by atoms with E-state index in [0.717, 1.165) is 24.9 Å². The van der Waals surface area contributed by atoms with Crippen LogP contribution in [0, 0.1) is 6.92 Å². The average molecular weight is 359 g/mol. The lowest BCUT2D eigenvalue weighted by atomic mass is 9.87. The zero-order valence-electron chi connectivity index (χ0n) is 15.3. The summed E-state index contributed by atoms with van der Waals surface area (Å²) < 4.78 is 0. The van der Waals surface area contributed by atoms with Gasteiger partial charge in [0.05, 0.1) is 0 Å². The average Bonchev–Trinajstić information content (AvgIpc) is 3.29. The highest BCUT2D eigenvalue weighted by Gasteiger charge is 2.49. The lowest BCUT2D eigenvalue weighted by molar-refractivity contribution is -0.133. The summed E-state index contributed by atoms with van der Waals surface area (Å²) in [4.78, 5) is 16.2. The van der Waals surface area contributed by atoms with Crippen molar-refractivity contribution >= 4 is 5.91 Å². The van der Waals surface area contributed by atoms with Crippen molar-refractivity contribution in [3.05, 3.63) is 65.2 Å². The predicted octanol–water partition coefficient (Wildman–Crippen LogP) is 2.72. The fourth-order valence-corrected chi connectivity index (χ4v) is 3.99. The monoisotopic (exact) mass is 359 g/mol. The number of hydrogen-bond donors (Lipinski definition) is 0. The van der Waals surface area contributed by atoms with Gasteiger partial charge in [-0.25, -0.2) is 0 Å². The first-order chi connectivity index (χ1) is 13.1. The Morgan fingerprint density at radius 2 is 1.89 bits per heavy atom. The molecule has 2 aliphatic rings. The van der Waals surface area contributed by atoms with Gasteiger partial charge >= 0.3 is 0 Å². The fraction of sp³-hybridized carbons (Fsp3) is 0.333. The first-order valence-electron chi connectivity index (χ1n) is 9.34. The van der Waals surface area contributed by atoms with Crippen LogP contribution in [0.3, 0.4) is 0 Å². The number of amides is 1. The van der Waals surface area contributed by atoms with Crippen molar-refractivity contribution in [1.29, 1.82) is 0 Å². The molecule has 0 radical (unpaired) electrons. The molecule has 1 amide bonds. The fourth-order valence-electron chi connectivity index (χ4n) is 3.99. The number of tetrazole rings is 1. The molecule has 0 N–H and O–H groups in total. The van der Waals surface area contributed by atoms with E-state index in [2.05, 4.69) is 39.7 Å². The van der Waals surface area contributed by atoms with E-state index in [1.54, 1.807) is 0 Å². The van der Waals surface area contributed by atoms with Gasteiger partial charge in [-0.3, -0.25) is 4.79 Å². The van der Waals surface area contributed by atoms with E-state index in [1.807, 2.05) is 36.1 Å². The van der Waals surface area contributed by atoms with Crippen LogP contribution in [-0.2, 0) is 23.3 Å². The maximum Gasteiger partial charge on any atom is 0.246 e. The Hall–Kier alpha value is -3.02. The van der Waals surface area contributed by atoms with Crippen molar-refractivity contribution in [1.82, 2.24) is 25.1 Å². The summed E-state index contributed by atoms with van der Waals surface area (Å²) >= 11 is 0. The largest absolute Gasteiger partial charge is 0.336 e. The molecular formula is C21H21N5O. The second kappa shape index (κ2) is 6.01. The number of nitrogens with zero attached hydrogens (tertiary/aromatic N) is 5. The molecule has 0 bridgehead atoms. The number of rotatable bonds is 3. The summed E-state index contributed by atoms with van der Waals surface area (Å²) in [5, 5.41) is 12.6. The van der Waals surface area contributed by atoms with Gasteiger partial charge in [-0.05, 0) is 36.1 Å². The van der Waals surface area contributed by atoms with Crippen molar-refractivity contribution < 1.29 is 4.79 Å². The third-order valence-corrected chi connectivity index (χ3v) is 5.69. The number of aryl methyl sites for hydroxylation is 1. The van der Waals surface area contributed by atoms with Crippen LogP contribution < -0.4 is 0 Å². The second-order valence-corrected chi connectivity index (χ2v) is 7.70. The number of carbonyl (C=O) groups is 1. The topological polar surface area (TPSA) is 63.9 Å². The second-order valence-electron chi connectivity index (χ2n) is 7.70. The molecule has 0 saturated heterocycles. The lowest BCUT2D eigenvalue weighted by Gasteiger charge is -2.35. The van der Waals surface area contributed by atoms with Crippen LogP contribution in [0.15, 0.2) is 48.5 Å². The molecule has 1 aliphatic carbocycles. The zero-order chi connectivity index (χ0) is 18.4. The predicted molar refractivity (Wildman–Crippen MR) is 101 cm³/mol. The van der Waals surface area contributed by atoms with Crippen LogP contribution >= 0.6 is 0 Å². The van der Waals surface area contributed by atoms with Crippen molar-refractivity contribution in [3.8, 4) is 11.4 Å². The van der Waals surface area contributed by atoms with Crippen LogP contribution in [0.25, 0.3) is 11.4 Å². The van der Waals surface area contributed by atoms with Crippen molar-refractivity contribution in [2.45, 2.75) is 38.3 Å². The molecule has 136 valence electrons. The summed E-state index contributed by atoms with van der Waals surface area (Å²) in [6.07, 6.45) is 2.32. The number of benzene rings is 2. The minimum atomic E-state index is 0.0450. The first kappa shape index (κ1) is 16.2. The van der Waals surface area contributed by atoms with E-state index in [1.165, 1.54) is 21.5 Å². The van der Waals surface area contributed by atoms with E-state index in [0.29, 0.717) is 12.4 Å². The number of carbonyl (C=O) groups excluding carboxylic acids is 1. The SMILES string of the molecule is Cc1ccc(-c2nnn(CC(=O)N3Cc4ccccc4C4(CC4)C3)n2)cc1. The molecular weight excluding hydrogens is 338 g/mol. The van der Waals surface area contributed by atoms with Gasteiger partial charge < -0.3 is 4.90 Å². The van der Waals surface area contributed by atoms with Crippen molar-refractivity contribution in [3.63, 3.8) is 0 Å². The third kappa shape index (κ3) is 2.91. The Labute approximate surface area is 157 Å². The smallest absolute Gasteiger partial charge is 0.246 e. The van der Waals surface area contributed by atoms with Crippen molar-refractivity contribution in [2.75, 3.05) is 6.54 Å². The molecule has 1 fully saturated rings. The van der Waals surface area contributed by atoms with Gasteiger partial charge in [0.25, 0.3) is 0 Å². The Balaban J connectivity index is 1.32. The molecule has 0 unspecified atom stereocenters. The van der Waals surface area contributed by atoms with Gasteiger partial charge in [-0.2, -0.15) is 4.80 Å². The molecule has 1 spiro atoms. The quantitative estimate of drug-likeness (QED) is 0.721. The summed E-state index contributed by atoms with van der Waals surface area (Å²) in [6.45, 7) is 3.62. The van der Waals surface area contributed by atoms with Crippen LogP contribution in [0.1, 0.15) is 29.5 Å². The summed E-state index contributed by atoms with van der Waals surface area (Å²) in [7, 11) is 0. The normalized spacial score (nSPS) is 17.0. The van der Waals surface area contributed by atoms with E-state index in [-0.39, 0.29) is 17.9 Å². The van der Waals surface area contributed by atoms with Gasteiger partial charge in [0.15, 0.2) is 0 Å². The molecule has 3 aromatic rings. The standard InChI is InChI=1S/C21H21N5O/c1-15-6-8-16(9-7-15)20-22-24-26(23-20)13-19(27)25-12-17-4-2-3-5-18(17)21(14-25)10-11-21/h2-9H,10-14H2,1H3. The molecule has 6 nitrogen and oxygen atoms in total. The van der Waals surface area contributed by atoms with E-state index >= 15 is 0 Å². The summed E-state index contributed by atoms with van der Waals surface area (Å²) in [6, 6.07) is 16.5. The molecule has 1 aromatic heterocycles. The number of hydrogen-bond acceptors (Lipinski definition) is 4. The summed E-state index contributed by atoms with van der Waals surface area (Å²) in [5.41, 5.74) is 4.95. The molecule has 2 aromatic carbocycles. The van der Waals surface area contributed by atoms with Crippen LogP contribution in [0.2, 0.25) is 0 Å². The maximum atomic E-state index is 12.9. The van der Waals surface area contributed by atoms with E-state index < -0.39 is 0 Å². The lowest BCUT2D eigenvalue weighted by Crippen LogP contribution is -2.43. The number of fused-ring (bicyclic) bond motifs is 2. The molecule has 27 heavy (non-hydrogen) atoms. The minimum Gasteiger partial charge on any atom is -0.336 e. The van der Waals surface area contributed by atoms with Gasteiger partial charge in [-0.1, -0.05) is 54.1 Å². The highest BCUT2D eigenvalue weighted by Crippen LogP contribution is 2.52. The Kier molecular flexibility index (Phi) is 3.60. The van der Waals surface area contributed by atoms with Gasteiger partial charge in [0.2, 0.25) is 11.7 Å².